The summed E-state index contributed by atoms with van der Waals surface area (Å²) >= 11 is 0. The van der Waals surface area contributed by atoms with Crippen molar-refractivity contribution in [2.45, 2.75) is 119 Å². The molecule has 5 aliphatic rings. The van der Waals surface area contributed by atoms with Crippen LogP contribution >= 0.6 is 0 Å². The van der Waals surface area contributed by atoms with E-state index in [9.17, 15) is 15.0 Å². The van der Waals surface area contributed by atoms with Gasteiger partial charge in [0, 0.05) is 0 Å². The molecule has 3 heteroatoms. The summed E-state index contributed by atoms with van der Waals surface area (Å²) in [5.74, 6) is 1.01. The maximum absolute atomic E-state index is 12.2. The van der Waals surface area contributed by atoms with Crippen LogP contribution in [-0.4, -0.2) is 22.3 Å². The van der Waals surface area contributed by atoms with E-state index in [4.69, 9.17) is 0 Å². The normalized spacial score (nSPS) is 55.3. The number of hydrogen-bond donors (Lipinski definition) is 2. The Morgan fingerprint density at radius 1 is 0.879 bits per heavy atom. The molecule has 0 amide bonds. The zero-order valence-electron chi connectivity index (χ0n) is 22.3. The molecular weight excluding hydrogens is 408 g/mol. The second-order valence-electron chi connectivity index (χ2n) is 14.9. The van der Waals surface area contributed by atoms with E-state index in [1.165, 1.54) is 25.7 Å². The van der Waals surface area contributed by atoms with Crippen LogP contribution in [0, 0.1) is 50.2 Å². The second-order valence-corrected chi connectivity index (χ2v) is 14.9. The Morgan fingerprint density at radius 2 is 1.55 bits per heavy atom. The molecule has 4 saturated carbocycles. The Bertz CT molecular complexity index is 889. The molecule has 0 spiro atoms. The van der Waals surface area contributed by atoms with E-state index in [2.05, 4.69) is 47.6 Å². The molecule has 33 heavy (non-hydrogen) atoms. The first-order valence-electron chi connectivity index (χ1n) is 13.8. The van der Waals surface area contributed by atoms with Crippen LogP contribution < -0.4 is 0 Å². The zero-order valence-corrected chi connectivity index (χ0v) is 22.3. The predicted molar refractivity (Wildman–Crippen MR) is 133 cm³/mol. The number of carboxylic acids is 1. The van der Waals surface area contributed by atoms with Crippen LogP contribution in [0.2, 0.25) is 0 Å². The lowest BCUT2D eigenvalue weighted by atomic mass is 9.33. The van der Waals surface area contributed by atoms with Crippen molar-refractivity contribution in [3.05, 3.63) is 11.6 Å². The fourth-order valence-electron chi connectivity index (χ4n) is 10.5. The number of carbonyl (C=O) groups is 1. The number of hydrogen-bond acceptors (Lipinski definition) is 2. The molecule has 1 unspecified atom stereocenters. The van der Waals surface area contributed by atoms with Gasteiger partial charge in [-0.15, -0.1) is 0 Å². The van der Waals surface area contributed by atoms with Gasteiger partial charge in [0.2, 0.25) is 0 Å². The average molecular weight is 457 g/mol. The van der Waals surface area contributed by atoms with E-state index in [1.807, 2.05) is 6.92 Å². The molecule has 0 aromatic rings. The Kier molecular flexibility index (Phi) is 4.99. The van der Waals surface area contributed by atoms with Crippen LogP contribution in [-0.2, 0) is 4.79 Å². The molecule has 0 aliphatic heterocycles. The van der Waals surface area contributed by atoms with E-state index in [1.54, 1.807) is 5.57 Å². The van der Waals surface area contributed by atoms with Gasteiger partial charge in [-0.1, -0.05) is 53.2 Å². The molecule has 0 saturated heterocycles. The number of fused-ring (bicyclic) bond motifs is 7. The van der Waals surface area contributed by atoms with Crippen LogP contribution in [0.25, 0.3) is 0 Å². The molecule has 4 fully saturated rings. The summed E-state index contributed by atoms with van der Waals surface area (Å²) in [6.07, 6.45) is 13.2. The standard InChI is InChI=1S/C30H48O3/c1-25(2)21-10-13-30(7)22(28(21,5)12-11-23(25)31)9-8-19-20-18-27(4,24(32)33)15-14-26(20,3)16-17-29(19,30)6/h8,20-23,31H,9-18H2,1-7H3,(H,32,33)/t20-,21?,22-,23+,26-,27+,28+,29-,30-/m1/s1. The predicted octanol–water partition coefficient (Wildman–Crippen LogP) is 7.23. The topological polar surface area (TPSA) is 57.5 Å². The number of allylic oxidation sites excluding steroid dienone is 2. The van der Waals surface area contributed by atoms with Crippen molar-refractivity contribution in [3.63, 3.8) is 0 Å². The number of aliphatic hydroxyl groups is 1. The molecule has 3 nitrogen and oxygen atoms in total. The van der Waals surface area contributed by atoms with Gasteiger partial charge in [0.1, 0.15) is 0 Å². The number of aliphatic hydroxyl groups excluding tert-OH is 1. The lowest BCUT2D eigenvalue weighted by molar-refractivity contribution is -0.203. The van der Waals surface area contributed by atoms with E-state index in [-0.39, 0.29) is 33.2 Å². The van der Waals surface area contributed by atoms with Gasteiger partial charge in [0.25, 0.3) is 0 Å². The summed E-state index contributed by atoms with van der Waals surface area (Å²) in [6.45, 7) is 16.8. The van der Waals surface area contributed by atoms with E-state index in [0.29, 0.717) is 17.8 Å². The largest absolute Gasteiger partial charge is 0.481 e. The van der Waals surface area contributed by atoms with Gasteiger partial charge in [-0.2, -0.15) is 0 Å². The Hall–Kier alpha value is -0.830. The molecular formula is C30H48O3. The van der Waals surface area contributed by atoms with E-state index < -0.39 is 11.4 Å². The molecule has 0 heterocycles. The summed E-state index contributed by atoms with van der Waals surface area (Å²) in [5, 5.41) is 20.9. The molecule has 0 radical (unpaired) electrons. The van der Waals surface area contributed by atoms with Gasteiger partial charge < -0.3 is 10.2 Å². The summed E-state index contributed by atoms with van der Waals surface area (Å²) < 4.78 is 0. The lowest BCUT2D eigenvalue weighted by Crippen LogP contribution is -2.64. The average Bonchev–Trinajstić information content (AvgIpc) is 2.73. The Balaban J connectivity index is 1.57. The zero-order chi connectivity index (χ0) is 24.2. The van der Waals surface area contributed by atoms with Crippen molar-refractivity contribution in [2.24, 2.45) is 50.2 Å². The van der Waals surface area contributed by atoms with Crippen molar-refractivity contribution < 1.29 is 15.0 Å². The Labute approximate surface area is 201 Å². The summed E-state index contributed by atoms with van der Waals surface area (Å²) in [5.41, 5.74) is 1.94. The minimum Gasteiger partial charge on any atom is -0.481 e. The monoisotopic (exact) mass is 456 g/mol. The summed E-state index contributed by atoms with van der Waals surface area (Å²) in [7, 11) is 0. The third-order valence-corrected chi connectivity index (χ3v) is 13.3. The number of aliphatic carboxylic acids is 1. The fraction of sp³-hybridized carbons (Fsp3) is 0.900. The summed E-state index contributed by atoms with van der Waals surface area (Å²) in [6, 6.07) is 0. The van der Waals surface area contributed by atoms with E-state index in [0.717, 1.165) is 38.5 Å². The van der Waals surface area contributed by atoms with Crippen LogP contribution in [0.3, 0.4) is 0 Å². The van der Waals surface area contributed by atoms with Crippen molar-refractivity contribution in [3.8, 4) is 0 Å². The van der Waals surface area contributed by atoms with Gasteiger partial charge in [-0.25, -0.2) is 0 Å². The number of rotatable bonds is 1. The van der Waals surface area contributed by atoms with Gasteiger partial charge in [0.15, 0.2) is 0 Å². The molecule has 5 aliphatic carbocycles. The SMILES string of the molecule is CC1(C)C2CC[C@]3(C)[C@H](CC=C4[C@H]5C[C@@](C)(C(=O)O)CC[C@]5(C)CC[C@]43C)[C@@]2(C)CC[C@@H]1O. The van der Waals surface area contributed by atoms with Crippen molar-refractivity contribution in [1.29, 1.82) is 0 Å². The first kappa shape index (κ1) is 23.9. The first-order valence-corrected chi connectivity index (χ1v) is 13.8. The highest BCUT2D eigenvalue weighted by molar-refractivity contribution is 5.74. The molecule has 5 rings (SSSR count). The molecule has 2 N–H and O–H groups in total. The third-order valence-electron chi connectivity index (χ3n) is 13.3. The lowest BCUT2D eigenvalue weighted by Gasteiger charge is -2.71. The van der Waals surface area contributed by atoms with Gasteiger partial charge in [0.05, 0.1) is 11.5 Å². The molecule has 0 bridgehead atoms. The smallest absolute Gasteiger partial charge is 0.309 e. The van der Waals surface area contributed by atoms with Crippen molar-refractivity contribution >= 4 is 5.97 Å². The quantitative estimate of drug-likeness (QED) is 0.409. The van der Waals surface area contributed by atoms with Crippen LogP contribution in [0.4, 0.5) is 0 Å². The fourth-order valence-corrected chi connectivity index (χ4v) is 10.5. The van der Waals surface area contributed by atoms with Crippen LogP contribution in [0.5, 0.6) is 0 Å². The molecule has 186 valence electrons. The molecule has 0 aromatic carbocycles. The first-order chi connectivity index (χ1) is 15.1. The molecule has 0 aromatic heterocycles. The van der Waals surface area contributed by atoms with Gasteiger partial charge in [-0.05, 0) is 116 Å². The number of carboxylic acid groups (broad SMARTS) is 1. The highest BCUT2D eigenvalue weighted by Crippen LogP contribution is 2.75. The highest BCUT2D eigenvalue weighted by Gasteiger charge is 2.68. The maximum atomic E-state index is 12.2. The minimum absolute atomic E-state index is 0.0168. The minimum atomic E-state index is -0.603. The van der Waals surface area contributed by atoms with E-state index >= 15 is 0 Å². The van der Waals surface area contributed by atoms with Crippen molar-refractivity contribution in [2.75, 3.05) is 0 Å². The maximum Gasteiger partial charge on any atom is 0.309 e. The van der Waals surface area contributed by atoms with Gasteiger partial charge >= 0.3 is 5.97 Å². The van der Waals surface area contributed by atoms with Crippen LogP contribution in [0.15, 0.2) is 11.6 Å². The highest BCUT2D eigenvalue weighted by atomic mass is 16.4. The van der Waals surface area contributed by atoms with Gasteiger partial charge in [-0.3, -0.25) is 4.79 Å². The Morgan fingerprint density at radius 3 is 2.21 bits per heavy atom. The molecule has 9 atom stereocenters. The second kappa shape index (κ2) is 6.89. The van der Waals surface area contributed by atoms with Crippen LogP contribution in [0.1, 0.15) is 113 Å². The third kappa shape index (κ3) is 2.87. The summed E-state index contributed by atoms with van der Waals surface area (Å²) in [4.78, 5) is 12.2. The van der Waals surface area contributed by atoms with Crippen molar-refractivity contribution in [1.82, 2.24) is 0 Å².